The van der Waals surface area contributed by atoms with Crippen LogP contribution in [0.4, 0.5) is 11.4 Å². The van der Waals surface area contributed by atoms with Gasteiger partial charge in [0, 0.05) is 29.7 Å². The molecule has 1 heterocycles. The highest BCUT2D eigenvalue weighted by Crippen LogP contribution is 2.35. The van der Waals surface area contributed by atoms with Crippen LogP contribution in [0.3, 0.4) is 0 Å². The second kappa shape index (κ2) is 8.26. The third-order valence-electron chi connectivity index (χ3n) is 6.33. The van der Waals surface area contributed by atoms with Crippen LogP contribution >= 0.6 is 0 Å². The predicted molar refractivity (Wildman–Crippen MR) is 127 cm³/mol. The summed E-state index contributed by atoms with van der Waals surface area (Å²) in [6.07, 6.45) is 0.0354. The zero-order valence-corrected chi connectivity index (χ0v) is 18.8. The van der Waals surface area contributed by atoms with Gasteiger partial charge in [-0.2, -0.15) is 0 Å². The van der Waals surface area contributed by atoms with E-state index in [2.05, 4.69) is 5.32 Å². The van der Waals surface area contributed by atoms with Crippen molar-refractivity contribution in [2.24, 2.45) is 5.92 Å². The topological polar surface area (TPSA) is 92.8 Å². The number of nitrogens with one attached hydrogen (secondary N) is 1. The number of fused-ring (bicyclic) bond motifs is 2. The quantitative estimate of drug-likeness (QED) is 0.507. The van der Waals surface area contributed by atoms with Crippen molar-refractivity contribution >= 4 is 34.8 Å². The van der Waals surface area contributed by atoms with E-state index < -0.39 is 5.92 Å². The Bertz CT molecular complexity index is 1380. The molecule has 7 nitrogen and oxygen atoms in total. The van der Waals surface area contributed by atoms with Gasteiger partial charge in [0.2, 0.25) is 11.8 Å². The number of ketones is 2. The first kappa shape index (κ1) is 21.6. The minimum atomic E-state index is -0.616. The van der Waals surface area contributed by atoms with E-state index >= 15 is 0 Å². The van der Waals surface area contributed by atoms with Crippen molar-refractivity contribution in [2.45, 2.75) is 13.3 Å². The van der Waals surface area contributed by atoms with Gasteiger partial charge in [0.1, 0.15) is 5.75 Å². The van der Waals surface area contributed by atoms with Crippen LogP contribution < -0.4 is 15.0 Å². The number of aryl methyl sites for hydroxylation is 1. The lowest BCUT2D eigenvalue weighted by Crippen LogP contribution is -2.29. The Morgan fingerprint density at radius 3 is 2.38 bits per heavy atom. The molecule has 2 amide bonds. The van der Waals surface area contributed by atoms with Gasteiger partial charge in [-0.05, 0) is 30.7 Å². The molecule has 1 N–H and O–H groups in total. The number of anilines is 2. The summed E-state index contributed by atoms with van der Waals surface area (Å²) in [6.45, 7) is 2.11. The van der Waals surface area contributed by atoms with E-state index in [0.717, 1.165) is 5.56 Å². The molecule has 0 spiro atoms. The molecule has 2 aliphatic rings. The summed E-state index contributed by atoms with van der Waals surface area (Å²) in [5, 5.41) is 2.80. The maximum absolute atomic E-state index is 13.2. The van der Waals surface area contributed by atoms with Crippen molar-refractivity contribution in [1.82, 2.24) is 0 Å². The molecular formula is C27H22N2O5. The monoisotopic (exact) mass is 454 g/mol. The number of carbonyl (C=O) groups is 4. The Morgan fingerprint density at radius 1 is 0.941 bits per heavy atom. The molecule has 7 heteroatoms. The minimum Gasteiger partial charge on any atom is -0.495 e. The molecule has 1 aliphatic carbocycles. The second-order valence-electron chi connectivity index (χ2n) is 8.50. The van der Waals surface area contributed by atoms with E-state index in [-0.39, 0.29) is 53.2 Å². The largest absolute Gasteiger partial charge is 0.495 e. The molecule has 3 aromatic carbocycles. The maximum Gasteiger partial charge on any atom is 0.229 e. The summed E-state index contributed by atoms with van der Waals surface area (Å²) in [5.41, 5.74) is 2.97. The standard InChI is InChI=1S/C27H22N2O5/c1-15-10-11-22(34-2)21(12-15)29-14-16(13-23(29)30)27(33)28-20-9-5-8-19-24(20)26(32)18-7-4-3-6-17(18)25(19)31/h3-12,16H,13-14H2,1-2H3,(H,28,33). The maximum atomic E-state index is 13.2. The molecule has 1 saturated heterocycles. The van der Waals surface area contributed by atoms with Crippen LogP contribution in [0.5, 0.6) is 5.75 Å². The second-order valence-corrected chi connectivity index (χ2v) is 8.50. The average molecular weight is 454 g/mol. The van der Waals surface area contributed by atoms with Crippen LogP contribution in [-0.2, 0) is 9.59 Å². The van der Waals surface area contributed by atoms with Gasteiger partial charge < -0.3 is 15.0 Å². The Labute approximate surface area is 196 Å². The molecule has 0 bridgehead atoms. The highest BCUT2D eigenvalue weighted by Gasteiger charge is 2.38. The predicted octanol–water partition coefficient (Wildman–Crippen LogP) is 3.77. The van der Waals surface area contributed by atoms with Crippen LogP contribution in [0.15, 0.2) is 60.7 Å². The van der Waals surface area contributed by atoms with E-state index in [4.69, 9.17) is 4.74 Å². The third-order valence-corrected chi connectivity index (χ3v) is 6.33. The minimum absolute atomic E-state index is 0.0354. The zero-order chi connectivity index (χ0) is 24.0. The lowest BCUT2D eigenvalue weighted by atomic mass is 9.83. The number of hydrogen-bond acceptors (Lipinski definition) is 5. The molecule has 170 valence electrons. The Balaban J connectivity index is 1.42. The van der Waals surface area contributed by atoms with Gasteiger partial charge in [0.15, 0.2) is 11.6 Å². The highest BCUT2D eigenvalue weighted by molar-refractivity contribution is 6.30. The Kier molecular flexibility index (Phi) is 5.24. The third kappa shape index (κ3) is 3.46. The highest BCUT2D eigenvalue weighted by atomic mass is 16.5. The number of amides is 2. The summed E-state index contributed by atoms with van der Waals surface area (Å²) >= 11 is 0. The van der Waals surface area contributed by atoms with E-state index in [1.54, 1.807) is 53.4 Å². The lowest BCUT2D eigenvalue weighted by Gasteiger charge is -2.22. The molecule has 0 radical (unpaired) electrons. The first-order valence-electron chi connectivity index (χ1n) is 11.0. The van der Waals surface area contributed by atoms with Gasteiger partial charge in [-0.25, -0.2) is 0 Å². The van der Waals surface area contributed by atoms with Gasteiger partial charge in [0.25, 0.3) is 0 Å². The van der Waals surface area contributed by atoms with Gasteiger partial charge in [0.05, 0.1) is 30.0 Å². The first-order valence-corrected chi connectivity index (χ1v) is 11.0. The summed E-state index contributed by atoms with van der Waals surface area (Å²) in [5.74, 6) is -1.19. The average Bonchev–Trinajstić information content (AvgIpc) is 3.24. The number of benzene rings is 3. The van der Waals surface area contributed by atoms with Crippen LogP contribution in [0.1, 0.15) is 43.8 Å². The fourth-order valence-electron chi connectivity index (χ4n) is 4.61. The molecule has 0 saturated carbocycles. The number of rotatable bonds is 4. The van der Waals surface area contributed by atoms with Gasteiger partial charge >= 0.3 is 0 Å². The molecule has 5 rings (SSSR count). The van der Waals surface area contributed by atoms with Crippen molar-refractivity contribution in [3.63, 3.8) is 0 Å². The number of ether oxygens (including phenoxy) is 1. The SMILES string of the molecule is COc1ccc(C)cc1N1CC(C(=O)Nc2cccc3c2C(=O)c2ccccc2C3=O)CC1=O. The first-order chi connectivity index (χ1) is 16.4. The molecule has 34 heavy (non-hydrogen) atoms. The molecule has 1 unspecified atom stereocenters. The van der Waals surface area contributed by atoms with Crippen molar-refractivity contribution in [1.29, 1.82) is 0 Å². The van der Waals surface area contributed by atoms with E-state index in [1.165, 1.54) is 7.11 Å². The number of hydrogen-bond donors (Lipinski definition) is 1. The molecule has 1 fully saturated rings. The molecular weight excluding hydrogens is 432 g/mol. The van der Waals surface area contributed by atoms with Crippen LogP contribution in [0.25, 0.3) is 0 Å². The van der Waals surface area contributed by atoms with Gasteiger partial charge in [-0.1, -0.05) is 42.5 Å². The fourth-order valence-corrected chi connectivity index (χ4v) is 4.61. The van der Waals surface area contributed by atoms with Gasteiger partial charge in [-0.3, -0.25) is 19.2 Å². The van der Waals surface area contributed by atoms with Crippen molar-refractivity contribution < 1.29 is 23.9 Å². The van der Waals surface area contributed by atoms with E-state index in [9.17, 15) is 19.2 Å². The Hall–Kier alpha value is -4.26. The van der Waals surface area contributed by atoms with Gasteiger partial charge in [-0.15, -0.1) is 0 Å². The number of carbonyl (C=O) groups excluding carboxylic acids is 4. The number of nitrogens with zero attached hydrogens (tertiary/aromatic N) is 1. The summed E-state index contributed by atoms with van der Waals surface area (Å²) in [7, 11) is 1.54. The normalized spacial score (nSPS) is 16.8. The fraction of sp³-hybridized carbons (Fsp3) is 0.185. The van der Waals surface area contributed by atoms with E-state index in [0.29, 0.717) is 22.6 Å². The summed E-state index contributed by atoms with van der Waals surface area (Å²) in [6, 6.07) is 17.0. The van der Waals surface area contributed by atoms with Crippen molar-refractivity contribution in [3.05, 3.63) is 88.5 Å². The molecule has 1 aliphatic heterocycles. The summed E-state index contributed by atoms with van der Waals surface area (Å²) < 4.78 is 5.40. The zero-order valence-electron chi connectivity index (χ0n) is 18.8. The number of methoxy groups -OCH3 is 1. The molecule has 1 atom stereocenters. The summed E-state index contributed by atoms with van der Waals surface area (Å²) in [4.78, 5) is 53.6. The lowest BCUT2D eigenvalue weighted by molar-refractivity contribution is -0.122. The molecule has 3 aromatic rings. The van der Waals surface area contributed by atoms with Crippen LogP contribution in [0.2, 0.25) is 0 Å². The van der Waals surface area contributed by atoms with Crippen molar-refractivity contribution in [2.75, 3.05) is 23.9 Å². The van der Waals surface area contributed by atoms with Crippen LogP contribution in [-0.4, -0.2) is 37.0 Å². The van der Waals surface area contributed by atoms with Crippen molar-refractivity contribution in [3.8, 4) is 5.75 Å². The van der Waals surface area contributed by atoms with E-state index in [1.807, 2.05) is 19.1 Å². The molecule has 0 aromatic heterocycles. The van der Waals surface area contributed by atoms with Crippen LogP contribution in [0, 0.1) is 12.8 Å². The smallest absolute Gasteiger partial charge is 0.229 e. The Morgan fingerprint density at radius 2 is 1.65 bits per heavy atom.